The Balaban J connectivity index is 1.84. The lowest BCUT2D eigenvalue weighted by Crippen LogP contribution is -2.10. The topological polar surface area (TPSA) is 46.0 Å². The summed E-state index contributed by atoms with van der Waals surface area (Å²) in [5.74, 6) is 0.694. The molecule has 1 N–H and O–H groups in total. The number of aromatic nitrogens is 3. The molecule has 26 heavy (non-hydrogen) atoms. The molecule has 4 nitrogen and oxygen atoms in total. The second-order valence-corrected chi connectivity index (χ2v) is 7.41. The van der Waals surface area contributed by atoms with E-state index in [2.05, 4.69) is 60.3 Å². The van der Waals surface area contributed by atoms with Crippen LogP contribution in [-0.2, 0) is 5.41 Å². The van der Waals surface area contributed by atoms with E-state index in [0.717, 1.165) is 11.1 Å². The number of nitrogens with one attached hydrogen (secondary N) is 1. The number of rotatable bonds is 4. The van der Waals surface area contributed by atoms with Gasteiger partial charge in [-0.15, -0.1) is 0 Å². The lowest BCUT2D eigenvalue weighted by molar-refractivity contribution is 0.590. The molecule has 0 amide bonds. The Labute approximate surface area is 158 Å². The van der Waals surface area contributed by atoms with Crippen molar-refractivity contribution in [2.75, 3.05) is 0 Å². The van der Waals surface area contributed by atoms with Crippen molar-refractivity contribution in [3.05, 3.63) is 76.6 Å². The molecule has 0 aliphatic rings. The standard InChI is InChI=1S/C21H22N4S/c1-21(2,3)18-13-11-17(12-14-18)19-23-24-20(26)25(19)22-15-7-10-16-8-5-4-6-9-16/h4-15H,1-3H3,(H,24,26). The van der Waals surface area contributed by atoms with Gasteiger partial charge in [-0.2, -0.15) is 14.9 Å². The van der Waals surface area contributed by atoms with Crippen molar-refractivity contribution in [1.82, 2.24) is 14.9 Å². The maximum Gasteiger partial charge on any atom is 0.216 e. The average Bonchev–Trinajstić information content (AvgIpc) is 3.00. The molecule has 5 heteroatoms. The highest BCUT2D eigenvalue weighted by atomic mass is 32.1. The SMILES string of the molecule is CC(C)(C)c1ccc(-c2n[nH]c(=S)n2N=CC=Cc2ccccc2)cc1. The summed E-state index contributed by atoms with van der Waals surface area (Å²) in [5.41, 5.74) is 3.47. The molecule has 2 aromatic carbocycles. The molecule has 0 saturated carbocycles. The minimum atomic E-state index is 0.115. The zero-order valence-electron chi connectivity index (χ0n) is 15.2. The van der Waals surface area contributed by atoms with Gasteiger partial charge in [-0.25, -0.2) is 5.10 Å². The third kappa shape index (κ3) is 4.24. The average molecular weight is 363 g/mol. The molecule has 0 aliphatic carbocycles. The molecule has 0 spiro atoms. The van der Waals surface area contributed by atoms with Crippen LogP contribution in [0.3, 0.4) is 0 Å². The third-order valence-corrected chi connectivity index (χ3v) is 4.28. The quantitative estimate of drug-likeness (QED) is 0.495. The maximum atomic E-state index is 5.31. The van der Waals surface area contributed by atoms with Crippen molar-refractivity contribution in [3.63, 3.8) is 0 Å². The first-order valence-electron chi connectivity index (χ1n) is 8.49. The predicted octanol–water partition coefficient (Wildman–Crippen LogP) is 5.45. The lowest BCUT2D eigenvalue weighted by atomic mass is 9.87. The van der Waals surface area contributed by atoms with E-state index < -0.39 is 0 Å². The van der Waals surface area contributed by atoms with Crippen LogP contribution in [0.15, 0.2) is 65.8 Å². The largest absolute Gasteiger partial charge is 0.250 e. The highest BCUT2D eigenvalue weighted by Gasteiger charge is 2.14. The molecule has 3 rings (SSSR count). The number of nitrogens with zero attached hydrogens (tertiary/aromatic N) is 3. The molecule has 0 unspecified atom stereocenters. The zero-order chi connectivity index (χ0) is 18.6. The number of aromatic amines is 1. The van der Waals surface area contributed by atoms with Gasteiger partial charge in [-0.1, -0.05) is 81.4 Å². The Bertz CT molecular complexity index is 971. The van der Waals surface area contributed by atoms with Crippen LogP contribution in [0.2, 0.25) is 0 Å². The zero-order valence-corrected chi connectivity index (χ0v) is 16.0. The number of H-pyrrole nitrogens is 1. The first-order chi connectivity index (χ1) is 12.4. The van der Waals surface area contributed by atoms with Crippen molar-refractivity contribution < 1.29 is 0 Å². The van der Waals surface area contributed by atoms with Crippen LogP contribution in [0.5, 0.6) is 0 Å². The van der Waals surface area contributed by atoms with E-state index in [0.29, 0.717) is 10.6 Å². The molecule has 1 heterocycles. The number of hydrogen-bond donors (Lipinski definition) is 1. The highest BCUT2D eigenvalue weighted by Crippen LogP contribution is 2.25. The first-order valence-corrected chi connectivity index (χ1v) is 8.90. The van der Waals surface area contributed by atoms with Crippen molar-refractivity contribution in [2.45, 2.75) is 26.2 Å². The van der Waals surface area contributed by atoms with Gasteiger partial charge in [-0.3, -0.25) is 0 Å². The van der Waals surface area contributed by atoms with Gasteiger partial charge in [0.05, 0.1) is 0 Å². The minimum Gasteiger partial charge on any atom is -0.250 e. The van der Waals surface area contributed by atoms with Crippen LogP contribution in [-0.4, -0.2) is 21.1 Å². The summed E-state index contributed by atoms with van der Waals surface area (Å²) in [7, 11) is 0. The van der Waals surface area contributed by atoms with Gasteiger partial charge < -0.3 is 0 Å². The fourth-order valence-corrected chi connectivity index (χ4v) is 2.71. The van der Waals surface area contributed by atoms with Crippen LogP contribution in [0.25, 0.3) is 17.5 Å². The Kier molecular flexibility index (Phi) is 5.28. The number of allylic oxidation sites excluding steroid dienone is 1. The van der Waals surface area contributed by atoms with Gasteiger partial charge in [0.1, 0.15) is 0 Å². The van der Waals surface area contributed by atoms with Gasteiger partial charge in [0.25, 0.3) is 0 Å². The van der Waals surface area contributed by atoms with Crippen LogP contribution in [0, 0.1) is 4.77 Å². The van der Waals surface area contributed by atoms with Gasteiger partial charge in [-0.05, 0) is 34.8 Å². The summed E-state index contributed by atoms with van der Waals surface area (Å²) in [4.78, 5) is 0. The van der Waals surface area contributed by atoms with E-state index in [1.807, 2.05) is 42.5 Å². The van der Waals surface area contributed by atoms with Crippen LogP contribution >= 0.6 is 12.2 Å². The van der Waals surface area contributed by atoms with Gasteiger partial charge >= 0.3 is 0 Å². The summed E-state index contributed by atoms with van der Waals surface area (Å²) < 4.78 is 2.10. The van der Waals surface area contributed by atoms with Crippen LogP contribution in [0.4, 0.5) is 0 Å². The molecular weight excluding hydrogens is 340 g/mol. The van der Waals surface area contributed by atoms with Crippen molar-refractivity contribution >= 4 is 24.5 Å². The van der Waals surface area contributed by atoms with E-state index in [9.17, 15) is 0 Å². The summed E-state index contributed by atoms with van der Waals surface area (Å²) in [6.45, 7) is 6.59. The molecule has 0 bridgehead atoms. The Hall–Kier alpha value is -2.79. The number of benzene rings is 2. The van der Waals surface area contributed by atoms with E-state index in [1.165, 1.54) is 5.56 Å². The second-order valence-electron chi connectivity index (χ2n) is 7.03. The van der Waals surface area contributed by atoms with Crippen molar-refractivity contribution in [1.29, 1.82) is 0 Å². The van der Waals surface area contributed by atoms with Gasteiger partial charge in [0.2, 0.25) is 4.77 Å². The minimum absolute atomic E-state index is 0.115. The van der Waals surface area contributed by atoms with Crippen molar-refractivity contribution in [2.24, 2.45) is 5.10 Å². The molecule has 1 aromatic heterocycles. The van der Waals surface area contributed by atoms with Crippen molar-refractivity contribution in [3.8, 4) is 11.4 Å². The molecule has 132 valence electrons. The third-order valence-electron chi connectivity index (χ3n) is 4.02. The summed E-state index contributed by atoms with van der Waals surface area (Å²) in [6, 6.07) is 18.4. The number of hydrogen-bond acceptors (Lipinski definition) is 3. The molecule has 0 radical (unpaired) electrons. The highest BCUT2D eigenvalue weighted by molar-refractivity contribution is 7.71. The van der Waals surface area contributed by atoms with E-state index in [1.54, 1.807) is 10.9 Å². The van der Waals surface area contributed by atoms with Gasteiger partial charge in [0.15, 0.2) is 5.82 Å². The van der Waals surface area contributed by atoms with E-state index in [4.69, 9.17) is 12.2 Å². The fraction of sp³-hybridized carbons (Fsp3) is 0.190. The Morgan fingerprint density at radius 2 is 1.73 bits per heavy atom. The lowest BCUT2D eigenvalue weighted by Gasteiger charge is -2.18. The summed E-state index contributed by atoms with van der Waals surface area (Å²) in [6.07, 6.45) is 5.59. The Morgan fingerprint density at radius 1 is 1.04 bits per heavy atom. The predicted molar refractivity (Wildman–Crippen MR) is 111 cm³/mol. The molecule has 0 fully saturated rings. The Morgan fingerprint density at radius 3 is 2.38 bits per heavy atom. The first kappa shape index (κ1) is 18.0. The van der Waals surface area contributed by atoms with E-state index >= 15 is 0 Å². The molecule has 3 aromatic rings. The smallest absolute Gasteiger partial charge is 0.216 e. The van der Waals surface area contributed by atoms with Gasteiger partial charge in [0, 0.05) is 11.8 Å². The summed E-state index contributed by atoms with van der Waals surface area (Å²) >= 11 is 5.31. The summed E-state index contributed by atoms with van der Waals surface area (Å²) in [5, 5.41) is 11.6. The van der Waals surface area contributed by atoms with Crippen LogP contribution < -0.4 is 0 Å². The molecule has 0 atom stereocenters. The maximum absolute atomic E-state index is 5.31. The monoisotopic (exact) mass is 362 g/mol. The molecular formula is C21H22N4S. The second kappa shape index (κ2) is 7.62. The van der Waals surface area contributed by atoms with E-state index in [-0.39, 0.29) is 5.41 Å². The normalized spacial score (nSPS) is 12.3. The molecule has 0 aliphatic heterocycles. The molecule has 0 saturated heterocycles. The van der Waals surface area contributed by atoms with Crippen LogP contribution in [0.1, 0.15) is 31.9 Å². The fourth-order valence-electron chi connectivity index (χ4n) is 2.53.